The number of aromatic hydroxyl groups is 1. The van der Waals surface area contributed by atoms with Crippen molar-refractivity contribution in [2.45, 2.75) is 12.1 Å². The van der Waals surface area contributed by atoms with E-state index in [1.807, 2.05) is 56.4 Å². The van der Waals surface area contributed by atoms with Crippen molar-refractivity contribution in [2.24, 2.45) is 7.05 Å². The number of phenolic OH excluding ortho intramolecular Hbond substituents is 1. The van der Waals surface area contributed by atoms with Gasteiger partial charge in [0, 0.05) is 17.8 Å². The highest BCUT2D eigenvalue weighted by Crippen LogP contribution is 2.33. The highest BCUT2D eigenvalue weighted by Gasteiger charge is 2.16. The summed E-state index contributed by atoms with van der Waals surface area (Å²) in [5.41, 5.74) is 2.19. The van der Waals surface area contributed by atoms with E-state index in [9.17, 15) is 9.90 Å². The van der Waals surface area contributed by atoms with E-state index < -0.39 is 0 Å². The van der Waals surface area contributed by atoms with Gasteiger partial charge in [-0.1, -0.05) is 53.7 Å². The highest BCUT2D eigenvalue weighted by molar-refractivity contribution is 7.99. The molecule has 0 spiro atoms. The van der Waals surface area contributed by atoms with Crippen molar-refractivity contribution >= 4 is 45.7 Å². The number of rotatable bonds is 5. The van der Waals surface area contributed by atoms with E-state index in [4.69, 9.17) is 11.6 Å². The van der Waals surface area contributed by atoms with Crippen LogP contribution < -0.4 is 5.32 Å². The molecule has 6 nitrogen and oxygen atoms in total. The number of anilines is 1. The Bertz CT molecular complexity index is 1260. The zero-order chi connectivity index (χ0) is 21.3. The first-order chi connectivity index (χ1) is 14.4. The van der Waals surface area contributed by atoms with E-state index in [1.165, 1.54) is 11.8 Å². The third-order valence-electron chi connectivity index (χ3n) is 4.73. The Morgan fingerprint density at radius 3 is 2.60 bits per heavy atom. The Balaban J connectivity index is 1.49. The van der Waals surface area contributed by atoms with Crippen LogP contribution in [0.5, 0.6) is 5.75 Å². The van der Waals surface area contributed by atoms with E-state index in [0.717, 1.165) is 16.3 Å². The van der Waals surface area contributed by atoms with E-state index >= 15 is 0 Å². The average molecular weight is 439 g/mol. The maximum absolute atomic E-state index is 12.3. The second kappa shape index (κ2) is 8.38. The fourth-order valence-corrected chi connectivity index (χ4v) is 3.97. The zero-order valence-corrected chi connectivity index (χ0v) is 18.0. The third-order valence-corrected chi connectivity index (χ3v) is 6.16. The largest absolute Gasteiger partial charge is 0.507 e. The Morgan fingerprint density at radius 2 is 1.87 bits per heavy atom. The quantitative estimate of drug-likeness (QED) is 0.427. The van der Waals surface area contributed by atoms with Crippen LogP contribution in [0, 0.1) is 6.92 Å². The molecule has 0 aliphatic rings. The van der Waals surface area contributed by atoms with Crippen LogP contribution in [-0.2, 0) is 11.8 Å². The van der Waals surface area contributed by atoms with Crippen molar-refractivity contribution in [3.8, 4) is 17.1 Å². The molecule has 0 radical (unpaired) electrons. The molecular formula is C22H19ClN4O2S. The standard InChI is InChI=1S/C22H19ClN4O2S/c1-13-7-8-16(11-18(13)23)24-20(29)12-30-22-26-25-21(27(22)2)17-9-14-5-3-4-6-15(14)10-19(17)28/h3-11,28H,12H2,1-2H3,(H,24,29). The van der Waals surface area contributed by atoms with Crippen LogP contribution in [0.25, 0.3) is 22.2 Å². The second-order valence-electron chi connectivity index (χ2n) is 6.88. The Kier molecular flexibility index (Phi) is 5.65. The second-order valence-corrected chi connectivity index (χ2v) is 8.23. The van der Waals surface area contributed by atoms with Gasteiger partial charge < -0.3 is 15.0 Å². The predicted molar refractivity (Wildman–Crippen MR) is 121 cm³/mol. The molecule has 0 saturated carbocycles. The molecule has 3 aromatic carbocycles. The third kappa shape index (κ3) is 4.13. The maximum atomic E-state index is 12.3. The van der Waals surface area contributed by atoms with E-state index in [2.05, 4.69) is 15.5 Å². The normalized spacial score (nSPS) is 11.0. The lowest BCUT2D eigenvalue weighted by molar-refractivity contribution is -0.113. The number of aryl methyl sites for hydroxylation is 1. The summed E-state index contributed by atoms with van der Waals surface area (Å²) in [7, 11) is 1.81. The summed E-state index contributed by atoms with van der Waals surface area (Å²) in [6.07, 6.45) is 0. The molecule has 0 fully saturated rings. The number of hydrogen-bond acceptors (Lipinski definition) is 5. The molecule has 0 unspecified atom stereocenters. The van der Waals surface area contributed by atoms with Gasteiger partial charge in [0.2, 0.25) is 5.91 Å². The SMILES string of the molecule is Cc1ccc(NC(=O)CSc2nnc(-c3cc4ccccc4cc3O)n2C)cc1Cl. The molecule has 1 heterocycles. The van der Waals surface area contributed by atoms with Gasteiger partial charge in [-0.15, -0.1) is 10.2 Å². The Hall–Kier alpha value is -3.03. The maximum Gasteiger partial charge on any atom is 0.234 e. The first kappa shape index (κ1) is 20.3. The molecule has 0 atom stereocenters. The average Bonchev–Trinajstić information content (AvgIpc) is 3.09. The van der Waals surface area contributed by atoms with Crippen LogP contribution in [-0.4, -0.2) is 31.5 Å². The molecule has 4 rings (SSSR count). The minimum absolute atomic E-state index is 0.134. The molecule has 8 heteroatoms. The lowest BCUT2D eigenvalue weighted by atomic mass is 10.1. The van der Waals surface area contributed by atoms with Crippen molar-refractivity contribution in [3.05, 3.63) is 65.2 Å². The summed E-state index contributed by atoms with van der Waals surface area (Å²) in [5.74, 6) is 0.667. The lowest BCUT2D eigenvalue weighted by Gasteiger charge is -2.08. The number of nitrogens with one attached hydrogen (secondary N) is 1. The summed E-state index contributed by atoms with van der Waals surface area (Å²) in [5, 5.41) is 24.8. The number of amides is 1. The van der Waals surface area contributed by atoms with E-state index in [1.54, 1.807) is 16.7 Å². The summed E-state index contributed by atoms with van der Waals surface area (Å²) in [6.45, 7) is 1.91. The topological polar surface area (TPSA) is 80.0 Å². The number of carbonyl (C=O) groups is 1. The first-order valence-electron chi connectivity index (χ1n) is 9.22. The molecule has 0 aliphatic carbocycles. The number of phenols is 1. The number of nitrogens with zero attached hydrogens (tertiary/aromatic N) is 3. The van der Waals surface area contributed by atoms with Gasteiger partial charge in [0.05, 0.1) is 11.3 Å². The minimum Gasteiger partial charge on any atom is -0.507 e. The van der Waals surface area contributed by atoms with Crippen LogP contribution in [0.2, 0.25) is 5.02 Å². The molecule has 1 aromatic heterocycles. The summed E-state index contributed by atoms with van der Waals surface area (Å²) in [4.78, 5) is 12.3. The zero-order valence-electron chi connectivity index (χ0n) is 16.4. The lowest BCUT2D eigenvalue weighted by Crippen LogP contribution is -2.14. The Labute approximate surface area is 182 Å². The molecule has 0 aliphatic heterocycles. The molecule has 4 aromatic rings. The number of carbonyl (C=O) groups excluding carboxylic acids is 1. The molecule has 1 amide bonds. The number of benzene rings is 3. The fraction of sp³-hybridized carbons (Fsp3) is 0.136. The van der Waals surface area contributed by atoms with Gasteiger partial charge in [0.1, 0.15) is 5.75 Å². The summed E-state index contributed by atoms with van der Waals surface area (Å²) >= 11 is 7.37. The van der Waals surface area contributed by atoms with Crippen molar-refractivity contribution in [2.75, 3.05) is 11.1 Å². The number of halogens is 1. The van der Waals surface area contributed by atoms with Gasteiger partial charge in [0.15, 0.2) is 11.0 Å². The van der Waals surface area contributed by atoms with Crippen molar-refractivity contribution in [1.82, 2.24) is 14.8 Å². The number of aromatic nitrogens is 3. The van der Waals surface area contributed by atoms with Crippen molar-refractivity contribution in [3.63, 3.8) is 0 Å². The molecule has 152 valence electrons. The molecule has 30 heavy (non-hydrogen) atoms. The van der Waals surface area contributed by atoms with Gasteiger partial charge >= 0.3 is 0 Å². The predicted octanol–water partition coefficient (Wildman–Crippen LogP) is 5.03. The van der Waals surface area contributed by atoms with E-state index in [-0.39, 0.29) is 17.4 Å². The molecule has 0 saturated heterocycles. The van der Waals surface area contributed by atoms with Crippen LogP contribution in [0.4, 0.5) is 5.69 Å². The summed E-state index contributed by atoms with van der Waals surface area (Å²) < 4.78 is 1.77. The number of thioether (sulfide) groups is 1. The molecule has 2 N–H and O–H groups in total. The number of fused-ring (bicyclic) bond motifs is 1. The van der Waals surface area contributed by atoms with Crippen LogP contribution in [0.3, 0.4) is 0 Å². The van der Waals surface area contributed by atoms with Crippen LogP contribution >= 0.6 is 23.4 Å². The van der Waals surface area contributed by atoms with Gasteiger partial charge in [-0.2, -0.15) is 0 Å². The monoisotopic (exact) mass is 438 g/mol. The van der Waals surface area contributed by atoms with Gasteiger partial charge in [-0.25, -0.2) is 0 Å². The Morgan fingerprint density at radius 1 is 1.13 bits per heavy atom. The first-order valence-corrected chi connectivity index (χ1v) is 10.6. The smallest absolute Gasteiger partial charge is 0.234 e. The van der Waals surface area contributed by atoms with Crippen molar-refractivity contribution in [1.29, 1.82) is 0 Å². The molecule has 0 bridgehead atoms. The van der Waals surface area contributed by atoms with E-state index in [0.29, 0.717) is 27.3 Å². The fourth-order valence-electron chi connectivity index (χ4n) is 3.08. The van der Waals surface area contributed by atoms with Gasteiger partial charge in [0.25, 0.3) is 0 Å². The van der Waals surface area contributed by atoms with Crippen LogP contribution in [0.1, 0.15) is 5.56 Å². The minimum atomic E-state index is -0.168. The molecular weight excluding hydrogens is 420 g/mol. The summed E-state index contributed by atoms with van der Waals surface area (Å²) in [6, 6.07) is 16.8. The van der Waals surface area contributed by atoms with Gasteiger partial charge in [-0.05, 0) is 47.5 Å². The van der Waals surface area contributed by atoms with Gasteiger partial charge in [-0.3, -0.25) is 4.79 Å². The number of hydrogen-bond donors (Lipinski definition) is 2. The van der Waals surface area contributed by atoms with Crippen molar-refractivity contribution < 1.29 is 9.90 Å². The highest BCUT2D eigenvalue weighted by atomic mass is 35.5. The van der Waals surface area contributed by atoms with Crippen LogP contribution in [0.15, 0.2) is 59.8 Å².